The van der Waals surface area contributed by atoms with Crippen molar-refractivity contribution in [2.45, 2.75) is 59.0 Å². The number of aliphatic imine (C=N–C) groups is 1. The van der Waals surface area contributed by atoms with E-state index in [0.29, 0.717) is 6.04 Å². The number of aryl methyl sites for hydroxylation is 4. The van der Waals surface area contributed by atoms with Crippen molar-refractivity contribution in [3.05, 3.63) is 28.7 Å². The first-order valence-electron chi connectivity index (χ1n) is 8.92. The molecule has 0 amide bonds. The number of hydrogen-bond acceptors (Lipinski definition) is 5. The van der Waals surface area contributed by atoms with Gasteiger partial charge in [0.2, 0.25) is 0 Å². The Morgan fingerprint density at radius 3 is 2.92 bits per heavy atom. The first kappa shape index (κ1) is 17.4. The van der Waals surface area contributed by atoms with Gasteiger partial charge >= 0.3 is 0 Å². The molecule has 0 fully saturated rings. The number of nitrogens with zero attached hydrogens (tertiary/aromatic N) is 5. The van der Waals surface area contributed by atoms with Crippen molar-refractivity contribution in [3.8, 4) is 0 Å². The smallest absolute Gasteiger partial charge is 0.191 e. The number of aromatic nitrogens is 4. The SMILES string of the molecule is CCc1nc2n(n1)CC(NC(=NC)NCCc1c(C)noc1C)CC2. The molecule has 136 valence electrons. The number of hydrogen-bond donors (Lipinski definition) is 2. The van der Waals surface area contributed by atoms with E-state index in [1.165, 1.54) is 5.56 Å². The summed E-state index contributed by atoms with van der Waals surface area (Å²) in [6.45, 7) is 7.62. The highest BCUT2D eigenvalue weighted by Crippen LogP contribution is 2.14. The Kier molecular flexibility index (Phi) is 5.35. The zero-order valence-corrected chi connectivity index (χ0v) is 15.5. The van der Waals surface area contributed by atoms with Gasteiger partial charge < -0.3 is 15.2 Å². The highest BCUT2D eigenvalue weighted by molar-refractivity contribution is 5.79. The predicted molar refractivity (Wildman–Crippen MR) is 95.7 cm³/mol. The van der Waals surface area contributed by atoms with Gasteiger partial charge in [0.15, 0.2) is 11.8 Å². The van der Waals surface area contributed by atoms with Gasteiger partial charge in [0.1, 0.15) is 11.6 Å². The second-order valence-corrected chi connectivity index (χ2v) is 6.41. The summed E-state index contributed by atoms with van der Waals surface area (Å²) in [5.74, 6) is 3.73. The van der Waals surface area contributed by atoms with Gasteiger partial charge in [-0.2, -0.15) is 5.10 Å². The third kappa shape index (κ3) is 4.00. The fourth-order valence-corrected chi connectivity index (χ4v) is 3.18. The summed E-state index contributed by atoms with van der Waals surface area (Å²) >= 11 is 0. The van der Waals surface area contributed by atoms with E-state index in [9.17, 15) is 0 Å². The maximum atomic E-state index is 5.21. The second kappa shape index (κ2) is 7.67. The van der Waals surface area contributed by atoms with Crippen LogP contribution in [0.2, 0.25) is 0 Å². The molecule has 2 aromatic heterocycles. The van der Waals surface area contributed by atoms with E-state index in [1.807, 2.05) is 18.5 Å². The molecule has 1 aliphatic heterocycles. The Morgan fingerprint density at radius 1 is 1.40 bits per heavy atom. The van der Waals surface area contributed by atoms with E-state index < -0.39 is 0 Å². The van der Waals surface area contributed by atoms with Crippen LogP contribution in [0.15, 0.2) is 9.52 Å². The molecule has 1 aliphatic rings. The monoisotopic (exact) mass is 345 g/mol. The third-order valence-electron chi connectivity index (χ3n) is 4.63. The van der Waals surface area contributed by atoms with Crippen LogP contribution in [-0.2, 0) is 25.8 Å². The quantitative estimate of drug-likeness (QED) is 0.624. The Bertz CT molecular complexity index is 727. The van der Waals surface area contributed by atoms with Gasteiger partial charge in [0, 0.05) is 38.0 Å². The lowest BCUT2D eigenvalue weighted by molar-refractivity contribution is 0.391. The lowest BCUT2D eigenvalue weighted by Crippen LogP contribution is -2.47. The number of fused-ring (bicyclic) bond motifs is 1. The van der Waals surface area contributed by atoms with Crippen LogP contribution >= 0.6 is 0 Å². The standard InChI is InChI=1S/C17H27N7O/c1-5-15-21-16-7-6-13(10-24(16)22-15)20-17(18-4)19-9-8-14-11(2)23-25-12(14)3/h13H,5-10H2,1-4H3,(H2,18,19,20). The Balaban J connectivity index is 1.51. The van der Waals surface area contributed by atoms with Crippen molar-refractivity contribution >= 4 is 5.96 Å². The first-order chi connectivity index (χ1) is 12.1. The summed E-state index contributed by atoms with van der Waals surface area (Å²) in [6.07, 6.45) is 3.72. The van der Waals surface area contributed by atoms with Crippen molar-refractivity contribution < 1.29 is 4.52 Å². The van der Waals surface area contributed by atoms with Gasteiger partial charge in [0.25, 0.3) is 0 Å². The van der Waals surface area contributed by atoms with Crippen LogP contribution in [0.1, 0.15) is 42.0 Å². The van der Waals surface area contributed by atoms with E-state index >= 15 is 0 Å². The van der Waals surface area contributed by atoms with E-state index in [2.05, 4.69) is 37.8 Å². The molecule has 2 aromatic rings. The van der Waals surface area contributed by atoms with Crippen molar-refractivity contribution in [1.29, 1.82) is 0 Å². The number of guanidine groups is 1. The summed E-state index contributed by atoms with van der Waals surface area (Å²) in [5.41, 5.74) is 2.12. The lowest BCUT2D eigenvalue weighted by Gasteiger charge is -2.25. The molecule has 8 nitrogen and oxygen atoms in total. The maximum Gasteiger partial charge on any atom is 0.191 e. The molecule has 3 rings (SSSR count). The molecule has 25 heavy (non-hydrogen) atoms. The molecule has 0 saturated heterocycles. The van der Waals surface area contributed by atoms with E-state index in [4.69, 9.17) is 4.52 Å². The Morgan fingerprint density at radius 2 is 2.24 bits per heavy atom. The van der Waals surface area contributed by atoms with E-state index in [-0.39, 0.29) is 0 Å². The average Bonchev–Trinajstić information content (AvgIpc) is 3.17. The largest absolute Gasteiger partial charge is 0.361 e. The third-order valence-corrected chi connectivity index (χ3v) is 4.63. The topological polar surface area (TPSA) is 93.2 Å². The molecule has 0 radical (unpaired) electrons. The molecule has 8 heteroatoms. The van der Waals surface area contributed by atoms with Crippen molar-refractivity contribution in [1.82, 2.24) is 30.6 Å². The van der Waals surface area contributed by atoms with Crippen LogP contribution in [0.4, 0.5) is 0 Å². The Labute approximate surface area is 148 Å². The zero-order valence-electron chi connectivity index (χ0n) is 15.5. The van der Waals surface area contributed by atoms with Crippen molar-refractivity contribution in [2.75, 3.05) is 13.6 Å². The maximum absolute atomic E-state index is 5.21. The molecule has 0 spiro atoms. The van der Waals surface area contributed by atoms with Crippen molar-refractivity contribution in [2.24, 2.45) is 4.99 Å². The van der Waals surface area contributed by atoms with Crippen molar-refractivity contribution in [3.63, 3.8) is 0 Å². The summed E-state index contributed by atoms with van der Waals surface area (Å²) < 4.78 is 7.23. The second-order valence-electron chi connectivity index (χ2n) is 6.41. The summed E-state index contributed by atoms with van der Waals surface area (Å²) in [5, 5.41) is 15.4. The Hall–Kier alpha value is -2.38. The molecular weight excluding hydrogens is 318 g/mol. The summed E-state index contributed by atoms with van der Waals surface area (Å²) in [7, 11) is 1.80. The van der Waals surface area contributed by atoms with Crippen LogP contribution in [0, 0.1) is 13.8 Å². The summed E-state index contributed by atoms with van der Waals surface area (Å²) in [6, 6.07) is 0.309. The van der Waals surface area contributed by atoms with Crippen LogP contribution in [-0.4, -0.2) is 45.5 Å². The normalized spacial score (nSPS) is 17.4. The molecule has 0 aliphatic carbocycles. The molecule has 0 aromatic carbocycles. The molecule has 2 N–H and O–H groups in total. The van der Waals surface area contributed by atoms with Crippen LogP contribution in [0.5, 0.6) is 0 Å². The molecular formula is C17H27N7O. The highest BCUT2D eigenvalue weighted by atomic mass is 16.5. The molecule has 1 atom stereocenters. The molecule has 1 unspecified atom stereocenters. The summed E-state index contributed by atoms with van der Waals surface area (Å²) in [4.78, 5) is 8.89. The fourth-order valence-electron chi connectivity index (χ4n) is 3.18. The van der Waals surface area contributed by atoms with E-state index in [0.717, 1.165) is 67.8 Å². The molecule has 0 saturated carbocycles. The van der Waals surface area contributed by atoms with Gasteiger partial charge in [0.05, 0.1) is 12.2 Å². The average molecular weight is 345 g/mol. The zero-order chi connectivity index (χ0) is 17.8. The van der Waals surface area contributed by atoms with Gasteiger partial charge in [-0.1, -0.05) is 12.1 Å². The van der Waals surface area contributed by atoms with Gasteiger partial charge in [-0.15, -0.1) is 0 Å². The van der Waals surface area contributed by atoms with Crippen LogP contribution < -0.4 is 10.6 Å². The highest BCUT2D eigenvalue weighted by Gasteiger charge is 2.22. The molecule has 3 heterocycles. The number of nitrogens with one attached hydrogen (secondary N) is 2. The fraction of sp³-hybridized carbons (Fsp3) is 0.647. The minimum Gasteiger partial charge on any atom is -0.361 e. The van der Waals surface area contributed by atoms with E-state index in [1.54, 1.807) is 7.05 Å². The minimum atomic E-state index is 0.309. The molecule has 0 bridgehead atoms. The minimum absolute atomic E-state index is 0.309. The number of rotatable bonds is 5. The van der Waals surface area contributed by atoms with Gasteiger partial charge in [-0.05, 0) is 26.7 Å². The lowest BCUT2D eigenvalue weighted by atomic mass is 10.1. The van der Waals surface area contributed by atoms with Crippen LogP contribution in [0.25, 0.3) is 0 Å². The van der Waals surface area contributed by atoms with Gasteiger partial charge in [-0.25, -0.2) is 9.67 Å². The predicted octanol–water partition coefficient (Wildman–Crippen LogP) is 1.17. The van der Waals surface area contributed by atoms with Crippen LogP contribution in [0.3, 0.4) is 0 Å². The first-order valence-corrected chi connectivity index (χ1v) is 8.92. The van der Waals surface area contributed by atoms with Gasteiger partial charge in [-0.3, -0.25) is 4.99 Å².